The highest BCUT2D eigenvalue weighted by Gasteiger charge is 2.29. The first-order chi connectivity index (χ1) is 7.56. The van der Waals surface area contributed by atoms with Crippen LogP contribution in [0.2, 0.25) is 0 Å². The second kappa shape index (κ2) is 4.01. The molecular weight excluding hydrogens is 226 g/mol. The minimum Gasteiger partial charge on any atom is -0.388 e. The molecule has 0 spiro atoms. The summed E-state index contributed by atoms with van der Waals surface area (Å²) in [7, 11) is -3.38. The number of aliphatic hydroxyl groups is 1. The molecule has 0 fully saturated rings. The molecule has 1 aromatic rings. The lowest BCUT2D eigenvalue weighted by Crippen LogP contribution is -2.14. The SMILES string of the molecule is NCCC(O)C1=CS(=O)(=O)c2ccccc21. The van der Waals surface area contributed by atoms with Crippen LogP contribution >= 0.6 is 0 Å². The van der Waals surface area contributed by atoms with Crippen LogP contribution in [0.4, 0.5) is 0 Å². The smallest absolute Gasteiger partial charge is 0.200 e. The summed E-state index contributed by atoms with van der Waals surface area (Å²) in [4.78, 5) is 0.265. The second-order valence-electron chi connectivity index (χ2n) is 3.71. The number of sulfone groups is 1. The molecule has 1 aromatic carbocycles. The van der Waals surface area contributed by atoms with Crippen molar-refractivity contribution in [2.45, 2.75) is 17.4 Å². The lowest BCUT2D eigenvalue weighted by atomic mass is 10.0. The van der Waals surface area contributed by atoms with Crippen molar-refractivity contribution in [1.82, 2.24) is 0 Å². The van der Waals surface area contributed by atoms with Crippen molar-refractivity contribution in [1.29, 1.82) is 0 Å². The molecule has 16 heavy (non-hydrogen) atoms. The number of rotatable bonds is 3. The highest BCUT2D eigenvalue weighted by atomic mass is 32.2. The van der Waals surface area contributed by atoms with Crippen molar-refractivity contribution in [2.24, 2.45) is 5.73 Å². The van der Waals surface area contributed by atoms with Gasteiger partial charge in [0.25, 0.3) is 0 Å². The molecule has 0 saturated carbocycles. The summed E-state index contributed by atoms with van der Waals surface area (Å²) in [6.45, 7) is 0.320. The Balaban J connectivity index is 2.51. The number of hydrogen-bond donors (Lipinski definition) is 2. The average molecular weight is 239 g/mol. The molecule has 3 N–H and O–H groups in total. The Morgan fingerprint density at radius 3 is 2.69 bits per heavy atom. The van der Waals surface area contributed by atoms with Crippen molar-refractivity contribution >= 4 is 15.4 Å². The Labute approximate surface area is 94.3 Å². The normalized spacial score (nSPS) is 19.0. The molecule has 4 nitrogen and oxygen atoms in total. The summed E-state index contributed by atoms with van der Waals surface area (Å²) >= 11 is 0. The number of benzene rings is 1. The summed E-state index contributed by atoms with van der Waals surface area (Å²) in [6, 6.07) is 6.67. The molecule has 1 aliphatic heterocycles. The van der Waals surface area contributed by atoms with E-state index in [1.807, 2.05) is 0 Å². The zero-order chi connectivity index (χ0) is 11.8. The Morgan fingerprint density at radius 2 is 2.00 bits per heavy atom. The first-order valence-corrected chi connectivity index (χ1v) is 6.55. The fourth-order valence-electron chi connectivity index (χ4n) is 1.82. The summed E-state index contributed by atoms with van der Waals surface area (Å²) in [5.41, 5.74) is 6.38. The Kier molecular flexibility index (Phi) is 2.84. The predicted octanol–water partition coefficient (Wildman–Crippen LogP) is 0.525. The van der Waals surface area contributed by atoms with Gasteiger partial charge in [-0.2, -0.15) is 0 Å². The van der Waals surface area contributed by atoms with Crippen molar-refractivity contribution < 1.29 is 13.5 Å². The third kappa shape index (κ3) is 1.77. The third-order valence-corrected chi connectivity index (χ3v) is 4.12. The van der Waals surface area contributed by atoms with Crippen LogP contribution in [0.15, 0.2) is 34.6 Å². The zero-order valence-corrected chi connectivity index (χ0v) is 9.44. The molecule has 86 valence electrons. The van der Waals surface area contributed by atoms with E-state index in [1.54, 1.807) is 24.3 Å². The summed E-state index contributed by atoms with van der Waals surface area (Å²) in [6.07, 6.45) is -0.459. The molecule has 0 aromatic heterocycles. The first kappa shape index (κ1) is 11.3. The molecule has 2 rings (SSSR count). The Bertz CT molecular complexity index is 534. The van der Waals surface area contributed by atoms with Gasteiger partial charge in [0, 0.05) is 11.0 Å². The number of fused-ring (bicyclic) bond motifs is 1. The second-order valence-corrected chi connectivity index (χ2v) is 5.47. The quantitative estimate of drug-likeness (QED) is 0.806. The molecule has 0 bridgehead atoms. The first-order valence-electron chi connectivity index (χ1n) is 5.00. The third-order valence-electron chi connectivity index (χ3n) is 2.59. The van der Waals surface area contributed by atoms with E-state index in [4.69, 9.17) is 5.73 Å². The topological polar surface area (TPSA) is 80.4 Å². The lowest BCUT2D eigenvalue weighted by molar-refractivity contribution is 0.225. The molecule has 1 aliphatic rings. The molecular formula is C11H13NO3S. The molecule has 0 aliphatic carbocycles. The van der Waals surface area contributed by atoms with Crippen LogP contribution in [0.1, 0.15) is 12.0 Å². The largest absolute Gasteiger partial charge is 0.388 e. The van der Waals surface area contributed by atoms with E-state index in [2.05, 4.69) is 0 Å². The zero-order valence-electron chi connectivity index (χ0n) is 8.63. The van der Waals surface area contributed by atoms with E-state index in [1.165, 1.54) is 0 Å². The van der Waals surface area contributed by atoms with Crippen LogP contribution in [0.3, 0.4) is 0 Å². The lowest BCUT2D eigenvalue weighted by Gasteiger charge is -2.10. The van der Waals surface area contributed by atoms with Gasteiger partial charge in [-0.05, 0) is 24.6 Å². The highest BCUT2D eigenvalue weighted by Crippen LogP contribution is 2.35. The van der Waals surface area contributed by atoms with Gasteiger partial charge in [0.1, 0.15) is 0 Å². The maximum absolute atomic E-state index is 11.8. The van der Waals surface area contributed by atoms with E-state index in [0.717, 1.165) is 5.41 Å². The van der Waals surface area contributed by atoms with E-state index in [9.17, 15) is 13.5 Å². The molecule has 5 heteroatoms. The van der Waals surface area contributed by atoms with E-state index in [0.29, 0.717) is 24.1 Å². The minimum atomic E-state index is -3.38. The molecule has 0 radical (unpaired) electrons. The fourth-order valence-corrected chi connectivity index (χ4v) is 3.32. The van der Waals surface area contributed by atoms with Crippen molar-refractivity contribution in [3.8, 4) is 0 Å². The van der Waals surface area contributed by atoms with Crippen LogP contribution < -0.4 is 5.73 Å². The van der Waals surface area contributed by atoms with Crippen LogP contribution in [-0.4, -0.2) is 26.2 Å². The van der Waals surface area contributed by atoms with Crippen LogP contribution in [-0.2, 0) is 9.84 Å². The van der Waals surface area contributed by atoms with Gasteiger partial charge < -0.3 is 10.8 Å². The van der Waals surface area contributed by atoms with Gasteiger partial charge in [0.2, 0.25) is 9.84 Å². The molecule has 1 atom stereocenters. The van der Waals surface area contributed by atoms with Crippen LogP contribution in [0.5, 0.6) is 0 Å². The summed E-state index contributed by atoms with van der Waals surface area (Å²) in [5.74, 6) is 0. The van der Waals surface area contributed by atoms with Gasteiger partial charge in [0.15, 0.2) is 0 Å². The van der Waals surface area contributed by atoms with E-state index in [-0.39, 0.29) is 4.90 Å². The maximum atomic E-state index is 11.8. The van der Waals surface area contributed by atoms with E-state index >= 15 is 0 Å². The summed E-state index contributed by atoms with van der Waals surface area (Å²) < 4.78 is 23.5. The van der Waals surface area contributed by atoms with E-state index < -0.39 is 15.9 Å². The summed E-state index contributed by atoms with van der Waals surface area (Å²) in [5, 5.41) is 11.0. The monoisotopic (exact) mass is 239 g/mol. The van der Waals surface area contributed by atoms with Gasteiger partial charge in [-0.15, -0.1) is 0 Å². The van der Waals surface area contributed by atoms with Crippen LogP contribution in [0, 0.1) is 0 Å². The Hall–Kier alpha value is -1.17. The van der Waals surface area contributed by atoms with Crippen LogP contribution in [0.25, 0.3) is 5.57 Å². The molecule has 1 unspecified atom stereocenters. The average Bonchev–Trinajstić information content (AvgIpc) is 2.52. The van der Waals surface area contributed by atoms with Crippen molar-refractivity contribution in [3.63, 3.8) is 0 Å². The highest BCUT2D eigenvalue weighted by molar-refractivity contribution is 7.95. The van der Waals surface area contributed by atoms with Crippen molar-refractivity contribution in [2.75, 3.05) is 6.54 Å². The number of aliphatic hydroxyl groups excluding tert-OH is 1. The minimum absolute atomic E-state index is 0.265. The number of hydrogen-bond acceptors (Lipinski definition) is 4. The fraction of sp³-hybridized carbons (Fsp3) is 0.273. The maximum Gasteiger partial charge on any atom is 0.200 e. The van der Waals surface area contributed by atoms with Gasteiger partial charge in [0.05, 0.1) is 11.0 Å². The van der Waals surface area contributed by atoms with Gasteiger partial charge >= 0.3 is 0 Å². The molecule has 1 heterocycles. The Morgan fingerprint density at radius 1 is 1.31 bits per heavy atom. The molecule has 0 amide bonds. The predicted molar refractivity (Wildman–Crippen MR) is 61.3 cm³/mol. The van der Waals surface area contributed by atoms with Gasteiger partial charge in [-0.3, -0.25) is 0 Å². The standard InChI is InChI=1S/C11H13NO3S/c12-6-5-10(13)9-7-16(14,15)11-4-2-1-3-8(9)11/h1-4,7,10,13H,5-6,12H2. The molecule has 0 saturated heterocycles. The van der Waals surface area contributed by atoms with Gasteiger partial charge in [-0.1, -0.05) is 18.2 Å². The van der Waals surface area contributed by atoms with Crippen molar-refractivity contribution in [3.05, 3.63) is 35.2 Å². The number of nitrogens with two attached hydrogens (primary N) is 1. The van der Waals surface area contributed by atoms with Gasteiger partial charge in [-0.25, -0.2) is 8.42 Å².